The summed E-state index contributed by atoms with van der Waals surface area (Å²) in [6.07, 6.45) is 3.39. The Morgan fingerprint density at radius 3 is 2.56 bits per heavy atom. The summed E-state index contributed by atoms with van der Waals surface area (Å²) in [5, 5.41) is 10.4. The highest BCUT2D eigenvalue weighted by Crippen LogP contribution is 2.20. The number of aliphatic hydroxyl groups excluding tert-OH is 1. The molecule has 96 valence electrons. The van der Waals surface area contributed by atoms with Crippen molar-refractivity contribution >= 4 is 35.2 Å². The zero-order valence-corrected chi connectivity index (χ0v) is 11.2. The topological polar surface area (TPSA) is 40.5 Å². The van der Waals surface area contributed by atoms with Crippen LogP contribution in [0.4, 0.5) is 0 Å². The Morgan fingerprint density at radius 2 is 2.00 bits per heavy atom. The number of halogens is 2. The molecule has 1 aromatic rings. The number of carbonyl (C=O) groups excluding carboxylic acids is 1. The lowest BCUT2D eigenvalue weighted by Crippen LogP contribution is -2.27. The molecule has 1 N–H and O–H groups in total. The Hall–Kier alpha value is -1.03. The molecule has 2 rings (SSSR count). The molecule has 1 aliphatic heterocycles. The van der Waals surface area contributed by atoms with E-state index in [0.29, 0.717) is 29.6 Å². The number of likely N-dealkylation sites (tertiary alicyclic amines) is 1. The van der Waals surface area contributed by atoms with Crippen molar-refractivity contribution in [3.05, 3.63) is 39.9 Å². The average molecular weight is 286 g/mol. The molecule has 0 bridgehead atoms. The molecule has 1 fully saturated rings. The molecule has 1 atom stereocenters. The summed E-state index contributed by atoms with van der Waals surface area (Å²) in [6.45, 7) is 1.00. The van der Waals surface area contributed by atoms with Gasteiger partial charge >= 0.3 is 0 Å². The second kappa shape index (κ2) is 5.74. The number of amides is 1. The van der Waals surface area contributed by atoms with Crippen LogP contribution < -0.4 is 0 Å². The summed E-state index contributed by atoms with van der Waals surface area (Å²) in [5.74, 6) is -0.109. The van der Waals surface area contributed by atoms with E-state index in [2.05, 4.69) is 0 Å². The Bertz CT molecular complexity index is 468. The second-order valence-corrected chi connectivity index (χ2v) is 5.14. The number of aliphatic hydroxyl groups is 1. The minimum absolute atomic E-state index is 0.109. The van der Waals surface area contributed by atoms with Gasteiger partial charge in [-0.05, 0) is 36.3 Å². The minimum atomic E-state index is -0.400. The molecular weight excluding hydrogens is 273 g/mol. The van der Waals surface area contributed by atoms with Gasteiger partial charge in [-0.1, -0.05) is 23.2 Å². The van der Waals surface area contributed by atoms with E-state index in [1.807, 2.05) is 0 Å². The minimum Gasteiger partial charge on any atom is -0.391 e. The molecule has 5 heteroatoms. The molecule has 3 nitrogen and oxygen atoms in total. The highest BCUT2D eigenvalue weighted by atomic mass is 35.5. The number of rotatable bonds is 2. The zero-order valence-electron chi connectivity index (χ0n) is 9.64. The lowest BCUT2D eigenvalue weighted by molar-refractivity contribution is -0.125. The molecule has 18 heavy (non-hydrogen) atoms. The largest absolute Gasteiger partial charge is 0.391 e. The number of carbonyl (C=O) groups is 1. The quantitative estimate of drug-likeness (QED) is 0.849. The first-order valence-corrected chi connectivity index (χ1v) is 6.41. The molecule has 0 radical (unpaired) electrons. The van der Waals surface area contributed by atoms with Crippen LogP contribution in [0.1, 0.15) is 12.0 Å². The maximum Gasteiger partial charge on any atom is 0.246 e. The molecule has 0 spiro atoms. The van der Waals surface area contributed by atoms with Gasteiger partial charge in [0.05, 0.1) is 6.10 Å². The summed E-state index contributed by atoms with van der Waals surface area (Å²) in [7, 11) is 0. The van der Waals surface area contributed by atoms with E-state index in [-0.39, 0.29) is 5.91 Å². The monoisotopic (exact) mass is 285 g/mol. The summed E-state index contributed by atoms with van der Waals surface area (Å²) in [4.78, 5) is 13.4. The number of β-amino-alcohol motifs (C(OH)–C–C–N with tert-alkyl or cyclic N) is 1. The Morgan fingerprint density at radius 1 is 1.33 bits per heavy atom. The summed E-state index contributed by atoms with van der Waals surface area (Å²) in [5.41, 5.74) is 0.778. The van der Waals surface area contributed by atoms with Gasteiger partial charge in [-0.2, -0.15) is 0 Å². The lowest BCUT2D eigenvalue weighted by Gasteiger charge is -2.12. The highest BCUT2D eigenvalue weighted by Gasteiger charge is 2.22. The van der Waals surface area contributed by atoms with Crippen LogP contribution in [0.3, 0.4) is 0 Å². The average Bonchev–Trinajstić information content (AvgIpc) is 2.71. The van der Waals surface area contributed by atoms with Gasteiger partial charge in [0.2, 0.25) is 5.91 Å². The van der Waals surface area contributed by atoms with Gasteiger partial charge in [0.1, 0.15) is 0 Å². The first-order valence-electron chi connectivity index (χ1n) is 5.66. The van der Waals surface area contributed by atoms with Gasteiger partial charge in [-0.15, -0.1) is 0 Å². The van der Waals surface area contributed by atoms with E-state index in [4.69, 9.17) is 23.2 Å². The standard InChI is InChI=1S/C13H13Cl2NO2/c14-10-5-9(6-11(15)7-10)1-2-13(18)16-4-3-12(17)8-16/h1-2,5-7,12,17H,3-4,8H2/t12-/m0/s1. The summed E-state index contributed by atoms with van der Waals surface area (Å²) < 4.78 is 0. The van der Waals surface area contributed by atoms with E-state index in [0.717, 1.165) is 5.56 Å². The van der Waals surface area contributed by atoms with Crippen molar-refractivity contribution in [1.29, 1.82) is 0 Å². The van der Waals surface area contributed by atoms with Gasteiger partial charge < -0.3 is 10.0 Å². The molecule has 0 aromatic heterocycles. The van der Waals surface area contributed by atoms with Crippen LogP contribution in [0.5, 0.6) is 0 Å². The SMILES string of the molecule is O=C(C=Cc1cc(Cl)cc(Cl)c1)N1CC[C@H](O)C1. The molecule has 1 aromatic carbocycles. The van der Waals surface area contributed by atoms with Crippen LogP contribution in [0.25, 0.3) is 6.08 Å². The highest BCUT2D eigenvalue weighted by molar-refractivity contribution is 6.34. The van der Waals surface area contributed by atoms with Crippen molar-refractivity contribution in [3.8, 4) is 0 Å². The number of benzene rings is 1. The zero-order chi connectivity index (χ0) is 13.1. The van der Waals surface area contributed by atoms with Crippen molar-refractivity contribution < 1.29 is 9.90 Å². The molecule has 1 amide bonds. The van der Waals surface area contributed by atoms with Gasteiger partial charge in [-0.3, -0.25) is 4.79 Å². The number of hydrogen-bond donors (Lipinski definition) is 1. The molecular formula is C13H13Cl2NO2. The van der Waals surface area contributed by atoms with Crippen molar-refractivity contribution in [2.75, 3.05) is 13.1 Å². The fourth-order valence-corrected chi connectivity index (χ4v) is 2.43. The normalized spacial score (nSPS) is 19.7. The number of hydrogen-bond acceptors (Lipinski definition) is 2. The van der Waals surface area contributed by atoms with Crippen molar-refractivity contribution in [1.82, 2.24) is 4.90 Å². The fraction of sp³-hybridized carbons (Fsp3) is 0.308. The third kappa shape index (κ3) is 3.48. The molecule has 0 aliphatic carbocycles. The molecule has 1 heterocycles. The van der Waals surface area contributed by atoms with Gasteiger partial charge in [-0.25, -0.2) is 0 Å². The summed E-state index contributed by atoms with van der Waals surface area (Å²) in [6, 6.07) is 5.10. The lowest BCUT2D eigenvalue weighted by atomic mass is 10.2. The predicted molar refractivity (Wildman–Crippen MR) is 72.7 cm³/mol. The van der Waals surface area contributed by atoms with Crippen LogP contribution in [-0.2, 0) is 4.79 Å². The van der Waals surface area contributed by atoms with Crippen molar-refractivity contribution in [2.24, 2.45) is 0 Å². The van der Waals surface area contributed by atoms with E-state index in [9.17, 15) is 9.90 Å². The van der Waals surface area contributed by atoms with Crippen LogP contribution in [0, 0.1) is 0 Å². The third-order valence-corrected chi connectivity index (χ3v) is 3.21. The van der Waals surface area contributed by atoms with Crippen molar-refractivity contribution in [3.63, 3.8) is 0 Å². The first kappa shape index (κ1) is 13.4. The van der Waals surface area contributed by atoms with Crippen LogP contribution in [0.2, 0.25) is 10.0 Å². The van der Waals surface area contributed by atoms with Gasteiger partial charge in [0.25, 0.3) is 0 Å². The fourth-order valence-electron chi connectivity index (χ4n) is 1.89. The number of nitrogens with zero attached hydrogens (tertiary/aromatic N) is 1. The molecule has 1 saturated heterocycles. The maximum atomic E-state index is 11.8. The smallest absolute Gasteiger partial charge is 0.246 e. The maximum absolute atomic E-state index is 11.8. The Labute approximate surface area is 116 Å². The van der Waals surface area contributed by atoms with E-state index in [1.54, 1.807) is 29.2 Å². The summed E-state index contributed by atoms with van der Waals surface area (Å²) >= 11 is 11.7. The Balaban J connectivity index is 2.04. The molecule has 0 unspecified atom stereocenters. The molecule has 0 saturated carbocycles. The van der Waals surface area contributed by atoms with Gasteiger partial charge in [0.15, 0.2) is 0 Å². The van der Waals surface area contributed by atoms with Crippen molar-refractivity contribution in [2.45, 2.75) is 12.5 Å². The third-order valence-electron chi connectivity index (χ3n) is 2.78. The van der Waals surface area contributed by atoms with E-state index < -0.39 is 6.10 Å². The van der Waals surface area contributed by atoms with Gasteiger partial charge in [0, 0.05) is 29.2 Å². The Kier molecular flexibility index (Phi) is 4.27. The predicted octanol–water partition coefficient (Wildman–Crippen LogP) is 2.60. The van der Waals surface area contributed by atoms with Crippen LogP contribution in [-0.4, -0.2) is 35.1 Å². The molecule has 1 aliphatic rings. The van der Waals surface area contributed by atoms with E-state index >= 15 is 0 Å². The van der Waals surface area contributed by atoms with E-state index in [1.165, 1.54) is 6.08 Å². The second-order valence-electron chi connectivity index (χ2n) is 4.26. The van der Waals surface area contributed by atoms with Crippen LogP contribution in [0.15, 0.2) is 24.3 Å². The van der Waals surface area contributed by atoms with Crippen LogP contribution >= 0.6 is 23.2 Å². The first-order chi connectivity index (χ1) is 8.54.